The SMILES string of the molecule is CC1=C(C(=O)OC(C)C)C(c2cccc(NC(=O)Nc3ccc(Cl)cc3)c2)NC(=O)N1C. The van der Waals surface area contributed by atoms with Gasteiger partial charge in [0.1, 0.15) is 0 Å². The standard InChI is InChI=1S/C23H25ClN4O4/c1-13(2)32-21(29)19-14(3)28(4)23(31)27-20(19)15-6-5-7-18(12-15)26-22(30)25-17-10-8-16(24)9-11-17/h5-13,20H,1-4H3,(H,27,31)(H2,25,26,30). The molecule has 0 spiro atoms. The summed E-state index contributed by atoms with van der Waals surface area (Å²) in [7, 11) is 1.59. The fourth-order valence-corrected chi connectivity index (χ4v) is 3.38. The molecule has 0 fully saturated rings. The Kier molecular flexibility index (Phi) is 7.05. The van der Waals surface area contributed by atoms with Crippen LogP contribution in [0.3, 0.4) is 0 Å². The number of urea groups is 2. The van der Waals surface area contributed by atoms with Crippen LogP contribution in [0, 0.1) is 0 Å². The third kappa shape index (κ3) is 5.39. The number of benzene rings is 2. The highest BCUT2D eigenvalue weighted by Gasteiger charge is 2.35. The van der Waals surface area contributed by atoms with E-state index in [0.29, 0.717) is 33.2 Å². The van der Waals surface area contributed by atoms with Gasteiger partial charge in [0.15, 0.2) is 0 Å². The minimum absolute atomic E-state index is 0.309. The molecule has 1 heterocycles. The number of carbonyl (C=O) groups is 3. The molecule has 3 N–H and O–H groups in total. The van der Waals surface area contributed by atoms with Crippen molar-refractivity contribution < 1.29 is 19.1 Å². The number of esters is 1. The Morgan fingerprint density at radius 2 is 1.75 bits per heavy atom. The molecule has 9 heteroatoms. The minimum atomic E-state index is -0.717. The first-order valence-corrected chi connectivity index (χ1v) is 10.4. The summed E-state index contributed by atoms with van der Waals surface area (Å²) in [4.78, 5) is 39.0. The Morgan fingerprint density at radius 3 is 2.41 bits per heavy atom. The highest BCUT2D eigenvalue weighted by Crippen LogP contribution is 2.32. The van der Waals surface area contributed by atoms with E-state index in [1.807, 2.05) is 0 Å². The number of nitrogens with one attached hydrogen (secondary N) is 3. The molecule has 0 aromatic heterocycles. The molecular weight excluding hydrogens is 432 g/mol. The maximum atomic E-state index is 12.8. The maximum Gasteiger partial charge on any atom is 0.338 e. The van der Waals surface area contributed by atoms with Crippen LogP contribution in [0.5, 0.6) is 0 Å². The lowest BCUT2D eigenvalue weighted by Crippen LogP contribution is -2.46. The summed E-state index contributed by atoms with van der Waals surface area (Å²) < 4.78 is 5.40. The summed E-state index contributed by atoms with van der Waals surface area (Å²) in [5.74, 6) is -0.506. The number of rotatable bonds is 5. The first-order chi connectivity index (χ1) is 15.2. The van der Waals surface area contributed by atoms with Crippen LogP contribution in [0.25, 0.3) is 0 Å². The number of hydrogen-bond donors (Lipinski definition) is 3. The number of hydrogen-bond acceptors (Lipinski definition) is 4. The number of nitrogens with zero attached hydrogens (tertiary/aromatic N) is 1. The Balaban J connectivity index is 1.84. The smallest absolute Gasteiger partial charge is 0.338 e. The molecule has 0 bridgehead atoms. The second-order valence-electron chi connectivity index (χ2n) is 7.61. The lowest BCUT2D eigenvalue weighted by molar-refractivity contribution is -0.143. The van der Waals surface area contributed by atoms with Gasteiger partial charge in [0, 0.05) is 29.1 Å². The van der Waals surface area contributed by atoms with Gasteiger partial charge >= 0.3 is 18.0 Å². The van der Waals surface area contributed by atoms with E-state index in [1.165, 1.54) is 4.90 Å². The van der Waals surface area contributed by atoms with Crippen LogP contribution >= 0.6 is 11.6 Å². The predicted molar refractivity (Wildman–Crippen MR) is 123 cm³/mol. The van der Waals surface area contributed by atoms with Gasteiger partial charge in [0.25, 0.3) is 0 Å². The van der Waals surface area contributed by atoms with Gasteiger partial charge in [-0.1, -0.05) is 23.7 Å². The van der Waals surface area contributed by atoms with E-state index in [0.717, 1.165) is 0 Å². The van der Waals surface area contributed by atoms with E-state index in [1.54, 1.807) is 76.3 Å². The number of ether oxygens (including phenoxy) is 1. The summed E-state index contributed by atoms with van der Waals surface area (Å²) in [5, 5.41) is 8.87. The van der Waals surface area contributed by atoms with Crippen LogP contribution in [0.4, 0.5) is 21.0 Å². The average molecular weight is 457 g/mol. The number of amides is 4. The number of halogens is 1. The molecule has 4 amide bonds. The summed E-state index contributed by atoms with van der Waals surface area (Å²) in [5.41, 5.74) is 2.55. The molecule has 1 atom stereocenters. The van der Waals surface area contributed by atoms with Gasteiger partial charge in [-0.2, -0.15) is 0 Å². The van der Waals surface area contributed by atoms with Crippen molar-refractivity contribution in [2.24, 2.45) is 0 Å². The zero-order chi connectivity index (χ0) is 23.4. The highest BCUT2D eigenvalue weighted by molar-refractivity contribution is 6.30. The molecule has 1 aliphatic rings. The highest BCUT2D eigenvalue weighted by atomic mass is 35.5. The molecule has 0 saturated carbocycles. The third-order valence-electron chi connectivity index (χ3n) is 4.90. The maximum absolute atomic E-state index is 12.8. The summed E-state index contributed by atoms with van der Waals surface area (Å²) in [6.07, 6.45) is -0.309. The third-order valence-corrected chi connectivity index (χ3v) is 5.15. The molecule has 0 saturated heterocycles. The fourth-order valence-electron chi connectivity index (χ4n) is 3.25. The van der Waals surface area contributed by atoms with Crippen LogP contribution in [0.15, 0.2) is 59.8 Å². The summed E-state index contributed by atoms with van der Waals surface area (Å²) >= 11 is 5.86. The van der Waals surface area contributed by atoms with E-state index in [9.17, 15) is 14.4 Å². The normalized spacial score (nSPS) is 16.0. The average Bonchev–Trinajstić information content (AvgIpc) is 2.73. The largest absolute Gasteiger partial charge is 0.459 e. The van der Waals surface area contributed by atoms with Crippen molar-refractivity contribution in [1.29, 1.82) is 0 Å². The first kappa shape index (κ1) is 23.1. The van der Waals surface area contributed by atoms with Crippen molar-refractivity contribution >= 4 is 41.0 Å². The fraction of sp³-hybridized carbons (Fsp3) is 0.261. The van der Waals surface area contributed by atoms with Crippen molar-refractivity contribution in [1.82, 2.24) is 10.2 Å². The number of allylic oxidation sites excluding steroid dienone is 1. The van der Waals surface area contributed by atoms with E-state index in [2.05, 4.69) is 16.0 Å². The van der Waals surface area contributed by atoms with Gasteiger partial charge in [-0.3, -0.25) is 0 Å². The summed E-state index contributed by atoms with van der Waals surface area (Å²) in [6.45, 7) is 5.22. The van der Waals surface area contributed by atoms with E-state index < -0.39 is 18.0 Å². The molecule has 2 aromatic carbocycles. The lowest BCUT2D eigenvalue weighted by Gasteiger charge is -2.33. The Hall–Kier alpha value is -3.52. The van der Waals surface area contributed by atoms with Crippen LogP contribution in [-0.4, -0.2) is 36.1 Å². The van der Waals surface area contributed by atoms with E-state index >= 15 is 0 Å². The second kappa shape index (κ2) is 9.74. The lowest BCUT2D eigenvalue weighted by atomic mass is 9.94. The summed E-state index contributed by atoms with van der Waals surface area (Å²) in [6, 6.07) is 12.1. The Labute approximate surface area is 191 Å². The molecule has 2 aromatic rings. The van der Waals surface area contributed by atoms with Crippen LogP contribution < -0.4 is 16.0 Å². The second-order valence-corrected chi connectivity index (χ2v) is 8.04. The van der Waals surface area contributed by atoms with Crippen molar-refractivity contribution in [3.05, 3.63) is 70.4 Å². The minimum Gasteiger partial charge on any atom is -0.459 e. The zero-order valence-electron chi connectivity index (χ0n) is 18.2. The number of anilines is 2. The van der Waals surface area contributed by atoms with Crippen LogP contribution in [-0.2, 0) is 9.53 Å². The van der Waals surface area contributed by atoms with Gasteiger partial charge < -0.3 is 25.6 Å². The Bertz CT molecular complexity index is 1070. The zero-order valence-corrected chi connectivity index (χ0v) is 19.0. The molecule has 3 rings (SSSR count). The molecule has 168 valence electrons. The van der Waals surface area contributed by atoms with Gasteiger partial charge in [0.2, 0.25) is 0 Å². The molecule has 1 unspecified atom stereocenters. The van der Waals surface area contributed by atoms with Crippen LogP contribution in [0.1, 0.15) is 32.4 Å². The van der Waals surface area contributed by atoms with Gasteiger partial charge in [-0.25, -0.2) is 14.4 Å². The molecule has 0 aliphatic carbocycles. The van der Waals surface area contributed by atoms with E-state index in [-0.39, 0.29) is 12.1 Å². The van der Waals surface area contributed by atoms with Crippen LogP contribution in [0.2, 0.25) is 5.02 Å². The van der Waals surface area contributed by atoms with Crippen molar-refractivity contribution in [3.63, 3.8) is 0 Å². The Morgan fingerprint density at radius 1 is 1.09 bits per heavy atom. The van der Waals surface area contributed by atoms with Crippen molar-refractivity contribution in [2.75, 3.05) is 17.7 Å². The number of carbonyl (C=O) groups excluding carboxylic acids is 3. The van der Waals surface area contributed by atoms with Crippen molar-refractivity contribution in [2.45, 2.75) is 32.9 Å². The molecule has 8 nitrogen and oxygen atoms in total. The topological polar surface area (TPSA) is 99.8 Å². The van der Waals surface area contributed by atoms with Crippen molar-refractivity contribution in [3.8, 4) is 0 Å². The molecule has 0 radical (unpaired) electrons. The van der Waals surface area contributed by atoms with Gasteiger partial charge in [-0.15, -0.1) is 0 Å². The van der Waals surface area contributed by atoms with E-state index in [4.69, 9.17) is 16.3 Å². The predicted octanol–water partition coefficient (Wildman–Crippen LogP) is 4.91. The first-order valence-electron chi connectivity index (χ1n) is 10.0. The van der Waals surface area contributed by atoms with Gasteiger partial charge in [0.05, 0.1) is 17.7 Å². The molecular formula is C23H25ClN4O4. The quantitative estimate of drug-likeness (QED) is 0.557. The van der Waals surface area contributed by atoms with Gasteiger partial charge in [-0.05, 0) is 62.7 Å². The molecule has 32 heavy (non-hydrogen) atoms. The molecule has 1 aliphatic heterocycles. The monoisotopic (exact) mass is 456 g/mol.